The van der Waals surface area contributed by atoms with E-state index in [1.807, 2.05) is 32.6 Å². The van der Waals surface area contributed by atoms with Crippen molar-refractivity contribution in [3.63, 3.8) is 0 Å². The quantitative estimate of drug-likeness (QED) is 0.595. The maximum absolute atomic E-state index is 13.6. The van der Waals surface area contributed by atoms with Crippen molar-refractivity contribution in [2.45, 2.75) is 33.7 Å². The van der Waals surface area contributed by atoms with Crippen LogP contribution in [0.4, 0.5) is 15.8 Å². The lowest BCUT2D eigenvalue weighted by Crippen LogP contribution is -2.34. The first-order chi connectivity index (χ1) is 8.34. The summed E-state index contributed by atoms with van der Waals surface area (Å²) in [5, 5.41) is 11.0. The Bertz CT molecular complexity index is 433. The van der Waals surface area contributed by atoms with Gasteiger partial charge in [0, 0.05) is 12.6 Å². The van der Waals surface area contributed by atoms with Crippen LogP contribution < -0.4 is 4.90 Å². The Morgan fingerprint density at radius 2 is 1.94 bits per heavy atom. The largest absolute Gasteiger partial charge is 0.363 e. The second kappa shape index (κ2) is 5.80. The predicted molar refractivity (Wildman–Crippen MR) is 70.4 cm³/mol. The van der Waals surface area contributed by atoms with Gasteiger partial charge in [-0.3, -0.25) is 10.1 Å². The Morgan fingerprint density at radius 1 is 1.33 bits per heavy atom. The van der Waals surface area contributed by atoms with Crippen molar-refractivity contribution in [1.29, 1.82) is 0 Å². The highest BCUT2D eigenvalue weighted by Crippen LogP contribution is 2.32. The zero-order valence-electron chi connectivity index (χ0n) is 11.2. The van der Waals surface area contributed by atoms with E-state index in [4.69, 9.17) is 0 Å². The summed E-state index contributed by atoms with van der Waals surface area (Å²) in [6.07, 6.45) is 0. The lowest BCUT2D eigenvalue weighted by molar-refractivity contribution is -0.386. The Balaban J connectivity index is 3.27. The Labute approximate surface area is 107 Å². The highest BCUT2D eigenvalue weighted by atomic mass is 19.1. The van der Waals surface area contributed by atoms with Crippen molar-refractivity contribution >= 4 is 11.4 Å². The third kappa shape index (κ3) is 3.18. The van der Waals surface area contributed by atoms with Crippen LogP contribution in [0.25, 0.3) is 0 Å². The number of rotatable bonds is 5. The molecule has 0 aliphatic heterocycles. The molecule has 5 heteroatoms. The van der Waals surface area contributed by atoms with E-state index in [1.165, 1.54) is 6.07 Å². The molecule has 18 heavy (non-hydrogen) atoms. The molecule has 0 bridgehead atoms. The number of anilines is 1. The van der Waals surface area contributed by atoms with Crippen LogP contribution in [0.3, 0.4) is 0 Å². The molecule has 1 aromatic rings. The SMILES string of the molecule is CC(C)CN(c1cccc(F)c1[N+](=O)[O-])C(C)C. The van der Waals surface area contributed by atoms with Gasteiger partial charge in [-0.2, -0.15) is 4.39 Å². The van der Waals surface area contributed by atoms with Crippen LogP contribution in [0.5, 0.6) is 0 Å². The predicted octanol–water partition coefficient (Wildman–Crippen LogP) is 3.60. The number of nitrogens with zero attached hydrogens (tertiary/aromatic N) is 2. The zero-order valence-corrected chi connectivity index (χ0v) is 11.2. The van der Waals surface area contributed by atoms with Crippen molar-refractivity contribution < 1.29 is 9.31 Å². The molecule has 1 aromatic carbocycles. The number of para-hydroxylation sites is 1. The number of nitro groups is 1. The fourth-order valence-electron chi connectivity index (χ4n) is 1.90. The van der Waals surface area contributed by atoms with E-state index >= 15 is 0 Å². The number of benzene rings is 1. The van der Waals surface area contributed by atoms with Gasteiger partial charge in [-0.1, -0.05) is 19.9 Å². The Kier molecular flexibility index (Phi) is 4.64. The van der Waals surface area contributed by atoms with Crippen LogP contribution in [-0.4, -0.2) is 17.5 Å². The van der Waals surface area contributed by atoms with Gasteiger partial charge in [-0.25, -0.2) is 0 Å². The molecule has 1 rings (SSSR count). The fourth-order valence-corrected chi connectivity index (χ4v) is 1.90. The van der Waals surface area contributed by atoms with E-state index in [2.05, 4.69) is 0 Å². The maximum Gasteiger partial charge on any atom is 0.327 e. The summed E-state index contributed by atoms with van der Waals surface area (Å²) in [5.74, 6) is -0.442. The molecule has 0 unspecified atom stereocenters. The number of nitro benzene ring substituents is 1. The number of hydrogen-bond donors (Lipinski definition) is 0. The van der Waals surface area contributed by atoms with Gasteiger partial charge in [-0.15, -0.1) is 0 Å². The summed E-state index contributed by atoms with van der Waals surface area (Å²) in [6, 6.07) is 4.31. The standard InChI is InChI=1S/C13H19FN2O2/c1-9(2)8-15(10(3)4)12-7-5-6-11(14)13(12)16(17)18/h5-7,9-10H,8H2,1-4H3. The molecule has 0 fully saturated rings. The minimum atomic E-state index is -0.785. The average molecular weight is 254 g/mol. The summed E-state index contributed by atoms with van der Waals surface area (Å²) in [4.78, 5) is 12.2. The van der Waals surface area contributed by atoms with E-state index < -0.39 is 16.4 Å². The van der Waals surface area contributed by atoms with E-state index in [-0.39, 0.29) is 6.04 Å². The topological polar surface area (TPSA) is 46.4 Å². The first-order valence-corrected chi connectivity index (χ1v) is 6.04. The Morgan fingerprint density at radius 3 is 2.39 bits per heavy atom. The summed E-state index contributed by atoms with van der Waals surface area (Å²) < 4.78 is 13.6. The van der Waals surface area contributed by atoms with Crippen LogP contribution in [0.15, 0.2) is 18.2 Å². The third-order valence-corrected chi connectivity index (χ3v) is 2.64. The van der Waals surface area contributed by atoms with Crippen molar-refractivity contribution in [3.05, 3.63) is 34.1 Å². The van der Waals surface area contributed by atoms with E-state index in [0.717, 1.165) is 6.07 Å². The van der Waals surface area contributed by atoms with E-state index in [9.17, 15) is 14.5 Å². The highest BCUT2D eigenvalue weighted by molar-refractivity contribution is 5.64. The molecule has 100 valence electrons. The first-order valence-electron chi connectivity index (χ1n) is 6.04. The monoisotopic (exact) mass is 254 g/mol. The van der Waals surface area contributed by atoms with Gasteiger partial charge < -0.3 is 4.90 Å². The van der Waals surface area contributed by atoms with E-state index in [1.54, 1.807) is 6.07 Å². The third-order valence-electron chi connectivity index (χ3n) is 2.64. The second-order valence-electron chi connectivity index (χ2n) is 5.00. The highest BCUT2D eigenvalue weighted by Gasteiger charge is 2.25. The number of halogens is 1. The summed E-state index contributed by atoms with van der Waals surface area (Å²) in [6.45, 7) is 8.59. The molecule has 0 saturated carbocycles. The van der Waals surface area contributed by atoms with Gasteiger partial charge in [0.05, 0.1) is 4.92 Å². The lowest BCUT2D eigenvalue weighted by Gasteiger charge is -2.30. The molecular weight excluding hydrogens is 235 g/mol. The minimum absolute atomic E-state index is 0.0768. The maximum atomic E-state index is 13.6. The second-order valence-corrected chi connectivity index (χ2v) is 5.00. The molecule has 0 heterocycles. The Hall–Kier alpha value is -1.65. The zero-order chi connectivity index (χ0) is 13.9. The summed E-state index contributed by atoms with van der Waals surface area (Å²) in [5.41, 5.74) is -0.0875. The average Bonchev–Trinajstić information content (AvgIpc) is 2.24. The van der Waals surface area contributed by atoms with Gasteiger partial charge in [0.2, 0.25) is 5.82 Å². The van der Waals surface area contributed by atoms with Gasteiger partial charge in [0.1, 0.15) is 5.69 Å². The van der Waals surface area contributed by atoms with Crippen LogP contribution in [0.1, 0.15) is 27.7 Å². The molecule has 0 aromatic heterocycles. The van der Waals surface area contributed by atoms with Gasteiger partial charge in [0.25, 0.3) is 0 Å². The van der Waals surface area contributed by atoms with Crippen molar-refractivity contribution in [1.82, 2.24) is 0 Å². The lowest BCUT2D eigenvalue weighted by atomic mass is 10.1. The first kappa shape index (κ1) is 14.4. The fraction of sp³-hybridized carbons (Fsp3) is 0.538. The molecule has 0 spiro atoms. The number of hydrogen-bond acceptors (Lipinski definition) is 3. The smallest absolute Gasteiger partial charge is 0.327 e. The summed E-state index contributed by atoms with van der Waals surface area (Å²) in [7, 11) is 0. The molecule has 0 radical (unpaired) electrons. The molecule has 0 amide bonds. The van der Waals surface area contributed by atoms with Crippen LogP contribution >= 0.6 is 0 Å². The molecule has 4 nitrogen and oxygen atoms in total. The molecule has 0 aliphatic carbocycles. The minimum Gasteiger partial charge on any atom is -0.363 e. The van der Waals surface area contributed by atoms with Crippen LogP contribution in [0.2, 0.25) is 0 Å². The van der Waals surface area contributed by atoms with Crippen molar-refractivity contribution in [2.24, 2.45) is 5.92 Å². The van der Waals surface area contributed by atoms with Gasteiger partial charge in [-0.05, 0) is 31.9 Å². The molecule has 0 N–H and O–H groups in total. The molecule has 0 aliphatic rings. The van der Waals surface area contributed by atoms with Gasteiger partial charge >= 0.3 is 5.69 Å². The van der Waals surface area contributed by atoms with Crippen molar-refractivity contribution in [2.75, 3.05) is 11.4 Å². The summed E-state index contributed by atoms with van der Waals surface area (Å²) >= 11 is 0. The van der Waals surface area contributed by atoms with E-state index in [0.29, 0.717) is 18.2 Å². The molecule has 0 saturated heterocycles. The van der Waals surface area contributed by atoms with Crippen LogP contribution in [0, 0.1) is 21.8 Å². The molecular formula is C13H19FN2O2. The van der Waals surface area contributed by atoms with Crippen molar-refractivity contribution in [3.8, 4) is 0 Å². The molecule has 0 atom stereocenters. The normalized spacial score (nSPS) is 11.1. The van der Waals surface area contributed by atoms with Crippen LogP contribution in [-0.2, 0) is 0 Å². The van der Waals surface area contributed by atoms with Gasteiger partial charge in [0.15, 0.2) is 0 Å².